The number of ether oxygens (including phenoxy) is 1. The van der Waals surface area contributed by atoms with Crippen LogP contribution >= 0.6 is 0 Å². The lowest BCUT2D eigenvalue weighted by Crippen LogP contribution is -2.10. The standard InChI is InChI=1S/C18H18N2O3/c1-14(21)13-18(22)23-12-11-19-20-17-10-6-5-9-16(17)15-7-3-2-4-8-15/h2-11,20H,12-13H2,1H3/b19-11-. The fraction of sp³-hybridized carbons (Fsp3) is 0.167. The van der Waals surface area contributed by atoms with E-state index in [0.717, 1.165) is 16.8 Å². The van der Waals surface area contributed by atoms with Gasteiger partial charge in [0.05, 0.1) is 11.9 Å². The van der Waals surface area contributed by atoms with Crippen LogP contribution in [0.25, 0.3) is 11.1 Å². The molecular formula is C18H18N2O3. The molecule has 0 saturated heterocycles. The van der Waals surface area contributed by atoms with Crippen LogP contribution in [-0.4, -0.2) is 24.6 Å². The summed E-state index contributed by atoms with van der Waals surface area (Å²) in [6.45, 7) is 1.37. The van der Waals surface area contributed by atoms with Crippen molar-refractivity contribution < 1.29 is 14.3 Å². The molecule has 0 aliphatic rings. The maximum atomic E-state index is 11.2. The fourth-order valence-corrected chi connectivity index (χ4v) is 1.99. The largest absolute Gasteiger partial charge is 0.459 e. The van der Waals surface area contributed by atoms with Crippen molar-refractivity contribution in [2.75, 3.05) is 12.0 Å². The number of para-hydroxylation sites is 1. The zero-order valence-corrected chi connectivity index (χ0v) is 12.9. The van der Waals surface area contributed by atoms with Gasteiger partial charge in [-0.15, -0.1) is 0 Å². The first-order chi connectivity index (χ1) is 11.2. The van der Waals surface area contributed by atoms with Gasteiger partial charge in [-0.05, 0) is 18.6 Å². The molecule has 0 amide bonds. The molecule has 118 valence electrons. The van der Waals surface area contributed by atoms with Crippen LogP contribution in [0.2, 0.25) is 0 Å². The molecule has 0 saturated carbocycles. The molecule has 1 N–H and O–H groups in total. The number of benzene rings is 2. The monoisotopic (exact) mass is 310 g/mol. The third-order valence-electron chi connectivity index (χ3n) is 3.00. The number of hydrazone groups is 1. The van der Waals surface area contributed by atoms with Crippen molar-refractivity contribution in [1.29, 1.82) is 0 Å². The van der Waals surface area contributed by atoms with Gasteiger partial charge in [0.25, 0.3) is 0 Å². The van der Waals surface area contributed by atoms with Crippen molar-refractivity contribution in [1.82, 2.24) is 0 Å². The molecule has 2 aromatic rings. The summed E-state index contributed by atoms with van der Waals surface area (Å²) in [4.78, 5) is 22.0. The van der Waals surface area contributed by atoms with E-state index in [1.54, 1.807) is 0 Å². The quantitative estimate of drug-likeness (QED) is 0.369. The van der Waals surface area contributed by atoms with Gasteiger partial charge in [0, 0.05) is 5.56 Å². The third-order valence-corrected chi connectivity index (χ3v) is 3.00. The van der Waals surface area contributed by atoms with Crippen LogP contribution in [-0.2, 0) is 14.3 Å². The molecule has 0 heterocycles. The maximum Gasteiger partial charge on any atom is 0.313 e. The second-order valence-electron chi connectivity index (χ2n) is 4.90. The molecule has 0 bridgehead atoms. The molecule has 0 radical (unpaired) electrons. The first kappa shape index (κ1) is 16.4. The average molecular weight is 310 g/mol. The number of rotatable bonds is 7. The van der Waals surface area contributed by atoms with Gasteiger partial charge in [-0.3, -0.25) is 15.0 Å². The Kier molecular flexibility index (Phi) is 6.06. The molecular weight excluding hydrogens is 292 g/mol. The van der Waals surface area contributed by atoms with Crippen LogP contribution in [0.5, 0.6) is 0 Å². The number of nitrogens with one attached hydrogen (secondary N) is 1. The van der Waals surface area contributed by atoms with Crippen LogP contribution in [0, 0.1) is 0 Å². The number of esters is 1. The van der Waals surface area contributed by atoms with E-state index >= 15 is 0 Å². The van der Waals surface area contributed by atoms with Gasteiger partial charge in [-0.2, -0.15) is 5.10 Å². The number of hydrogen-bond donors (Lipinski definition) is 1. The minimum absolute atomic E-state index is 0.0205. The Morgan fingerprint density at radius 3 is 2.52 bits per heavy atom. The highest BCUT2D eigenvalue weighted by molar-refractivity contribution is 5.94. The number of carbonyl (C=O) groups excluding carboxylic acids is 2. The number of carbonyl (C=O) groups is 2. The van der Waals surface area contributed by atoms with Crippen molar-refractivity contribution in [3.05, 3.63) is 54.6 Å². The van der Waals surface area contributed by atoms with Crippen LogP contribution in [0.15, 0.2) is 59.7 Å². The van der Waals surface area contributed by atoms with E-state index < -0.39 is 5.97 Å². The molecule has 0 aromatic heterocycles. The predicted molar refractivity (Wildman–Crippen MR) is 90.2 cm³/mol. The van der Waals surface area contributed by atoms with E-state index in [9.17, 15) is 9.59 Å². The highest BCUT2D eigenvalue weighted by atomic mass is 16.5. The van der Waals surface area contributed by atoms with E-state index in [0.29, 0.717) is 0 Å². The molecule has 23 heavy (non-hydrogen) atoms. The second kappa shape index (κ2) is 8.48. The summed E-state index contributed by atoms with van der Waals surface area (Å²) in [5.41, 5.74) is 5.90. The number of nitrogens with zero attached hydrogens (tertiary/aromatic N) is 1. The van der Waals surface area contributed by atoms with Crippen molar-refractivity contribution in [2.24, 2.45) is 5.10 Å². The van der Waals surface area contributed by atoms with Crippen molar-refractivity contribution in [3.8, 4) is 11.1 Å². The topological polar surface area (TPSA) is 67.8 Å². The normalized spacial score (nSPS) is 10.5. The van der Waals surface area contributed by atoms with Gasteiger partial charge in [0.2, 0.25) is 0 Å². The van der Waals surface area contributed by atoms with Gasteiger partial charge >= 0.3 is 5.97 Å². The molecule has 0 aliphatic heterocycles. The highest BCUT2D eigenvalue weighted by Gasteiger charge is 2.05. The summed E-state index contributed by atoms with van der Waals surface area (Å²) in [7, 11) is 0. The minimum atomic E-state index is -0.548. The highest BCUT2D eigenvalue weighted by Crippen LogP contribution is 2.27. The summed E-state index contributed by atoms with van der Waals surface area (Å²) in [5, 5.41) is 4.04. The fourth-order valence-electron chi connectivity index (χ4n) is 1.99. The Balaban J connectivity index is 1.93. The lowest BCUT2D eigenvalue weighted by Gasteiger charge is -2.08. The van der Waals surface area contributed by atoms with Crippen LogP contribution < -0.4 is 5.43 Å². The number of hydrogen-bond acceptors (Lipinski definition) is 5. The van der Waals surface area contributed by atoms with Crippen molar-refractivity contribution >= 4 is 23.7 Å². The van der Waals surface area contributed by atoms with E-state index in [1.165, 1.54) is 13.1 Å². The van der Waals surface area contributed by atoms with Gasteiger partial charge < -0.3 is 4.74 Å². The lowest BCUT2D eigenvalue weighted by atomic mass is 10.0. The van der Waals surface area contributed by atoms with Gasteiger partial charge in [-0.25, -0.2) is 0 Å². The van der Waals surface area contributed by atoms with Crippen LogP contribution in [0.1, 0.15) is 13.3 Å². The van der Waals surface area contributed by atoms with Crippen LogP contribution in [0.4, 0.5) is 5.69 Å². The molecule has 0 fully saturated rings. The predicted octanol–water partition coefficient (Wildman–Crippen LogP) is 3.27. The summed E-state index contributed by atoms with van der Waals surface area (Å²) >= 11 is 0. The summed E-state index contributed by atoms with van der Waals surface area (Å²) in [5.74, 6) is -0.768. The summed E-state index contributed by atoms with van der Waals surface area (Å²) in [6, 6.07) is 17.8. The van der Waals surface area contributed by atoms with E-state index in [2.05, 4.69) is 10.5 Å². The SMILES string of the molecule is CC(=O)CC(=O)OC/C=N\Nc1ccccc1-c1ccccc1. The van der Waals surface area contributed by atoms with E-state index in [1.807, 2.05) is 54.6 Å². The lowest BCUT2D eigenvalue weighted by molar-refractivity contribution is -0.144. The molecule has 0 spiro atoms. The number of Topliss-reactive ketones (excluding diaryl/α,β-unsaturated/α-hetero) is 1. The number of ketones is 1. The zero-order valence-electron chi connectivity index (χ0n) is 12.9. The molecule has 5 heteroatoms. The van der Waals surface area contributed by atoms with Gasteiger partial charge in [0.1, 0.15) is 18.8 Å². The van der Waals surface area contributed by atoms with Gasteiger partial charge in [0.15, 0.2) is 0 Å². The number of anilines is 1. The van der Waals surface area contributed by atoms with Crippen molar-refractivity contribution in [2.45, 2.75) is 13.3 Å². The molecule has 2 rings (SSSR count). The van der Waals surface area contributed by atoms with Crippen LogP contribution in [0.3, 0.4) is 0 Å². The Labute approximate surface area is 135 Å². The Morgan fingerprint density at radius 2 is 1.78 bits per heavy atom. The zero-order chi connectivity index (χ0) is 16.5. The molecule has 2 aromatic carbocycles. The third kappa shape index (κ3) is 5.39. The molecule has 0 aliphatic carbocycles. The average Bonchev–Trinajstić information content (AvgIpc) is 2.55. The first-order valence-electron chi connectivity index (χ1n) is 7.24. The van der Waals surface area contributed by atoms with Crippen molar-refractivity contribution in [3.63, 3.8) is 0 Å². The van der Waals surface area contributed by atoms with E-state index in [-0.39, 0.29) is 18.8 Å². The first-order valence-corrected chi connectivity index (χ1v) is 7.24. The van der Waals surface area contributed by atoms with Gasteiger partial charge in [-0.1, -0.05) is 48.5 Å². The summed E-state index contributed by atoms with van der Waals surface area (Å²) in [6.07, 6.45) is 1.23. The molecule has 5 nitrogen and oxygen atoms in total. The van der Waals surface area contributed by atoms with E-state index in [4.69, 9.17) is 4.74 Å². The Morgan fingerprint density at radius 1 is 1.09 bits per heavy atom. The second-order valence-corrected chi connectivity index (χ2v) is 4.90. The Bertz CT molecular complexity index is 696. The Hall–Kier alpha value is -2.95. The minimum Gasteiger partial charge on any atom is -0.459 e. The molecule has 0 unspecified atom stereocenters. The molecule has 0 atom stereocenters. The smallest absolute Gasteiger partial charge is 0.313 e. The maximum absolute atomic E-state index is 11.2. The summed E-state index contributed by atoms with van der Waals surface area (Å²) < 4.78 is 4.86.